The minimum Gasteiger partial charge on any atom is -0.379 e. The molecule has 2 heterocycles. The molecule has 0 spiro atoms. The summed E-state index contributed by atoms with van der Waals surface area (Å²) < 4.78 is 10.8. The maximum Gasteiger partial charge on any atom is 0.0643 e. The van der Waals surface area contributed by atoms with Crippen LogP contribution in [0.1, 0.15) is 24.0 Å². The van der Waals surface area contributed by atoms with Crippen molar-refractivity contribution in [1.82, 2.24) is 9.80 Å². The van der Waals surface area contributed by atoms with Crippen molar-refractivity contribution in [2.45, 2.75) is 25.7 Å². The highest BCUT2D eigenvalue weighted by atomic mass is 35.5. The Balaban J connectivity index is 1.58. The maximum atomic E-state index is 6.59. The van der Waals surface area contributed by atoms with Crippen LogP contribution in [0.4, 0.5) is 0 Å². The van der Waals surface area contributed by atoms with E-state index >= 15 is 0 Å². The van der Waals surface area contributed by atoms with E-state index in [9.17, 15) is 0 Å². The molecule has 0 unspecified atom stereocenters. The molecule has 2 fully saturated rings. The second-order valence-electron chi connectivity index (χ2n) is 7.33. The molecule has 28 heavy (non-hydrogen) atoms. The summed E-state index contributed by atoms with van der Waals surface area (Å²) in [7, 11) is 0. The third kappa shape index (κ3) is 6.12. The summed E-state index contributed by atoms with van der Waals surface area (Å²) in [4.78, 5) is 4.79. The molecule has 1 aromatic rings. The molecule has 0 radical (unpaired) electrons. The van der Waals surface area contributed by atoms with Gasteiger partial charge in [-0.25, -0.2) is 0 Å². The topological polar surface area (TPSA) is 24.9 Å². The Labute approximate surface area is 187 Å². The highest BCUT2D eigenvalue weighted by molar-refractivity contribution is 6.48. The second kappa shape index (κ2) is 11.6. The molecule has 1 aromatic carbocycles. The zero-order valence-corrected chi connectivity index (χ0v) is 19.1. The molecule has 3 rings (SSSR count). The Morgan fingerprint density at radius 2 is 0.893 bits per heavy atom. The normalized spacial score (nSPS) is 19.3. The lowest BCUT2D eigenvalue weighted by atomic mass is 10.0. The van der Waals surface area contributed by atoms with Crippen LogP contribution in [0.2, 0.25) is 20.1 Å². The van der Waals surface area contributed by atoms with Crippen molar-refractivity contribution >= 4 is 46.4 Å². The lowest BCUT2D eigenvalue weighted by Gasteiger charge is -2.27. The van der Waals surface area contributed by atoms with Gasteiger partial charge >= 0.3 is 0 Å². The van der Waals surface area contributed by atoms with Gasteiger partial charge in [-0.3, -0.25) is 9.80 Å². The summed E-state index contributed by atoms with van der Waals surface area (Å²) in [5, 5.41) is 2.22. The number of morpholine rings is 2. The van der Waals surface area contributed by atoms with Crippen molar-refractivity contribution in [2.24, 2.45) is 0 Å². The molecule has 8 heteroatoms. The van der Waals surface area contributed by atoms with Gasteiger partial charge < -0.3 is 9.47 Å². The molecule has 0 aliphatic carbocycles. The van der Waals surface area contributed by atoms with Crippen LogP contribution in [0, 0.1) is 0 Å². The van der Waals surface area contributed by atoms with E-state index in [0.29, 0.717) is 20.1 Å². The molecule has 0 saturated carbocycles. The van der Waals surface area contributed by atoms with Crippen molar-refractivity contribution in [3.63, 3.8) is 0 Å². The first kappa shape index (κ1) is 22.9. The van der Waals surface area contributed by atoms with Gasteiger partial charge in [0.1, 0.15) is 0 Å². The monoisotopic (exact) mass is 468 g/mol. The van der Waals surface area contributed by atoms with E-state index in [1.54, 1.807) is 0 Å². The maximum absolute atomic E-state index is 6.59. The van der Waals surface area contributed by atoms with Gasteiger partial charge in [-0.15, -0.1) is 0 Å². The smallest absolute Gasteiger partial charge is 0.0643 e. The molecule has 0 bridgehead atoms. The summed E-state index contributed by atoms with van der Waals surface area (Å²) in [6, 6.07) is 0. The standard InChI is InChI=1S/C20H28Cl4N2O2/c21-17-15(3-1-5-25-7-11-27-12-8-25)18(22)20(24)16(19(17)23)4-2-6-26-9-13-28-14-10-26/h1-14H2. The lowest BCUT2D eigenvalue weighted by Crippen LogP contribution is -2.37. The molecule has 0 N–H and O–H groups in total. The number of hydrogen-bond donors (Lipinski definition) is 0. The van der Waals surface area contributed by atoms with Gasteiger partial charge in [0.2, 0.25) is 0 Å². The van der Waals surface area contributed by atoms with Crippen molar-refractivity contribution < 1.29 is 9.47 Å². The van der Waals surface area contributed by atoms with Crippen molar-refractivity contribution in [3.05, 3.63) is 31.2 Å². The largest absolute Gasteiger partial charge is 0.379 e. The van der Waals surface area contributed by atoms with Crippen LogP contribution in [0.5, 0.6) is 0 Å². The fraction of sp³-hybridized carbons (Fsp3) is 0.700. The van der Waals surface area contributed by atoms with E-state index in [2.05, 4.69) is 9.80 Å². The number of rotatable bonds is 8. The van der Waals surface area contributed by atoms with E-state index in [1.165, 1.54) is 0 Å². The summed E-state index contributed by atoms with van der Waals surface area (Å²) in [6.45, 7) is 9.11. The summed E-state index contributed by atoms with van der Waals surface area (Å²) >= 11 is 26.4. The average molecular weight is 470 g/mol. The Hall–Kier alpha value is 0.220. The number of benzene rings is 1. The van der Waals surface area contributed by atoms with E-state index in [0.717, 1.165) is 103 Å². The predicted octanol–water partition coefficient (Wildman–Crippen LogP) is 4.83. The van der Waals surface area contributed by atoms with Crippen LogP contribution in [-0.2, 0) is 22.3 Å². The van der Waals surface area contributed by atoms with Crippen LogP contribution in [0.3, 0.4) is 0 Å². The molecule has 2 saturated heterocycles. The molecule has 158 valence electrons. The molecular formula is C20H28Cl4N2O2. The lowest BCUT2D eigenvalue weighted by molar-refractivity contribution is 0.0374. The number of halogens is 4. The van der Waals surface area contributed by atoms with Crippen molar-refractivity contribution in [1.29, 1.82) is 0 Å². The first-order valence-corrected chi connectivity index (χ1v) is 11.5. The van der Waals surface area contributed by atoms with E-state index in [1.807, 2.05) is 0 Å². The zero-order valence-electron chi connectivity index (χ0n) is 16.1. The first-order valence-electron chi connectivity index (χ1n) is 10.0. The van der Waals surface area contributed by atoms with Gasteiger partial charge in [0.25, 0.3) is 0 Å². The van der Waals surface area contributed by atoms with Gasteiger partial charge in [-0.05, 0) is 49.9 Å². The molecule has 0 aromatic heterocycles. The fourth-order valence-electron chi connectivity index (χ4n) is 3.77. The molecule has 4 nitrogen and oxygen atoms in total. The highest BCUT2D eigenvalue weighted by Crippen LogP contribution is 2.42. The number of nitrogens with zero attached hydrogens (tertiary/aromatic N) is 2. The SMILES string of the molecule is Clc1c(Cl)c(CCCN2CCOCC2)c(Cl)c(Cl)c1CCCN1CCOCC1. The van der Waals surface area contributed by atoms with Crippen LogP contribution in [0.25, 0.3) is 0 Å². The fourth-order valence-corrected chi connectivity index (χ4v) is 5.08. The Morgan fingerprint density at radius 1 is 0.571 bits per heavy atom. The summed E-state index contributed by atoms with van der Waals surface area (Å²) in [5.41, 5.74) is 1.73. The van der Waals surface area contributed by atoms with Crippen LogP contribution < -0.4 is 0 Å². The average Bonchev–Trinajstić information content (AvgIpc) is 2.73. The Kier molecular flexibility index (Phi) is 9.46. The van der Waals surface area contributed by atoms with Gasteiger partial charge in [0, 0.05) is 26.2 Å². The van der Waals surface area contributed by atoms with Crippen molar-refractivity contribution in [2.75, 3.05) is 65.7 Å². The first-order chi connectivity index (χ1) is 13.6. The van der Waals surface area contributed by atoms with E-state index < -0.39 is 0 Å². The van der Waals surface area contributed by atoms with Gasteiger partial charge in [0.05, 0.1) is 46.5 Å². The van der Waals surface area contributed by atoms with Gasteiger partial charge in [-0.1, -0.05) is 46.4 Å². The number of hydrogen-bond acceptors (Lipinski definition) is 4. The quantitative estimate of drug-likeness (QED) is 0.509. The summed E-state index contributed by atoms with van der Waals surface area (Å²) in [6.07, 6.45) is 3.45. The Morgan fingerprint density at radius 3 is 1.21 bits per heavy atom. The Bertz CT molecular complexity index is 564. The molecular weight excluding hydrogens is 442 g/mol. The van der Waals surface area contributed by atoms with Crippen molar-refractivity contribution in [3.8, 4) is 0 Å². The van der Waals surface area contributed by atoms with Crippen LogP contribution in [-0.4, -0.2) is 75.5 Å². The molecule has 0 amide bonds. The molecule has 0 atom stereocenters. The van der Waals surface area contributed by atoms with E-state index in [4.69, 9.17) is 55.9 Å². The molecule has 2 aliphatic heterocycles. The second-order valence-corrected chi connectivity index (χ2v) is 8.84. The summed E-state index contributed by atoms with van der Waals surface area (Å²) in [5.74, 6) is 0. The van der Waals surface area contributed by atoms with E-state index in [-0.39, 0.29) is 0 Å². The third-order valence-electron chi connectivity index (χ3n) is 5.45. The highest BCUT2D eigenvalue weighted by Gasteiger charge is 2.21. The molecule has 2 aliphatic rings. The minimum absolute atomic E-state index is 0.555. The van der Waals surface area contributed by atoms with Crippen LogP contribution in [0.15, 0.2) is 0 Å². The van der Waals surface area contributed by atoms with Gasteiger partial charge in [0.15, 0.2) is 0 Å². The van der Waals surface area contributed by atoms with Gasteiger partial charge in [-0.2, -0.15) is 0 Å². The predicted molar refractivity (Wildman–Crippen MR) is 118 cm³/mol. The third-order valence-corrected chi connectivity index (χ3v) is 7.32. The minimum atomic E-state index is 0.555. The van der Waals surface area contributed by atoms with Crippen LogP contribution >= 0.6 is 46.4 Å². The zero-order chi connectivity index (χ0) is 19.9. The number of ether oxygens (including phenoxy) is 2.